The number of amidine groups is 1. The zero-order valence-corrected chi connectivity index (χ0v) is 17.8. The van der Waals surface area contributed by atoms with Gasteiger partial charge in [-0.2, -0.15) is 0 Å². The van der Waals surface area contributed by atoms with E-state index in [1.165, 1.54) is 43.4 Å². The maximum atomic E-state index is 6.16. The van der Waals surface area contributed by atoms with Crippen molar-refractivity contribution in [2.24, 2.45) is 10.9 Å². The Labute approximate surface area is 169 Å². The fourth-order valence-electron chi connectivity index (χ4n) is 5.38. The lowest BCUT2D eigenvalue weighted by atomic mass is 9.72. The van der Waals surface area contributed by atoms with Crippen molar-refractivity contribution < 1.29 is 4.74 Å². The minimum Gasteiger partial charge on any atom is -0.373 e. The van der Waals surface area contributed by atoms with Crippen molar-refractivity contribution in [2.75, 3.05) is 20.2 Å². The van der Waals surface area contributed by atoms with Gasteiger partial charge in [0.1, 0.15) is 17.6 Å². The highest BCUT2D eigenvalue weighted by molar-refractivity contribution is 6.00. The third-order valence-corrected chi connectivity index (χ3v) is 7.78. The number of likely N-dealkylation sites (tertiary alicyclic amines) is 1. The fourth-order valence-corrected chi connectivity index (χ4v) is 5.38. The van der Waals surface area contributed by atoms with Crippen LogP contribution in [-0.2, 0) is 4.74 Å². The fraction of sp³-hybridized carbons (Fsp3) is 0.773. The van der Waals surface area contributed by atoms with Gasteiger partial charge in [-0.3, -0.25) is 5.01 Å². The van der Waals surface area contributed by atoms with Gasteiger partial charge in [-0.1, -0.05) is 13.8 Å². The van der Waals surface area contributed by atoms with Crippen molar-refractivity contribution in [2.45, 2.75) is 82.6 Å². The number of fused-ring (bicyclic) bond motifs is 1. The van der Waals surface area contributed by atoms with Gasteiger partial charge in [0, 0.05) is 38.0 Å². The van der Waals surface area contributed by atoms with E-state index in [1.807, 2.05) is 7.11 Å². The molecular formula is C22H35N5O. The van der Waals surface area contributed by atoms with Crippen molar-refractivity contribution in [3.63, 3.8) is 0 Å². The molecular weight excluding hydrogens is 350 g/mol. The average Bonchev–Trinajstić information content (AvgIpc) is 3.10. The molecule has 1 saturated heterocycles. The van der Waals surface area contributed by atoms with E-state index in [0.29, 0.717) is 11.6 Å². The number of rotatable bonds is 6. The Hall–Kier alpha value is -1.37. The normalized spacial score (nSPS) is 38.6. The first-order valence-corrected chi connectivity index (χ1v) is 11.1. The van der Waals surface area contributed by atoms with Crippen LogP contribution in [0.25, 0.3) is 0 Å². The van der Waals surface area contributed by atoms with Crippen LogP contribution in [0.4, 0.5) is 0 Å². The molecule has 28 heavy (non-hydrogen) atoms. The smallest absolute Gasteiger partial charge is 0.149 e. The number of methoxy groups -OCH3 is 1. The molecule has 3 aliphatic heterocycles. The molecule has 2 saturated carbocycles. The maximum absolute atomic E-state index is 6.16. The predicted molar refractivity (Wildman–Crippen MR) is 112 cm³/mol. The molecule has 5 rings (SSSR count). The van der Waals surface area contributed by atoms with Gasteiger partial charge in [0.25, 0.3) is 0 Å². The summed E-state index contributed by atoms with van der Waals surface area (Å²) in [4.78, 5) is 7.59. The Morgan fingerprint density at radius 1 is 1.32 bits per heavy atom. The number of hydrogen-bond donors (Lipinski definition) is 2. The van der Waals surface area contributed by atoms with E-state index in [9.17, 15) is 0 Å². The second-order valence-corrected chi connectivity index (χ2v) is 9.60. The van der Waals surface area contributed by atoms with Crippen LogP contribution in [-0.4, -0.2) is 59.3 Å². The summed E-state index contributed by atoms with van der Waals surface area (Å²) in [5.74, 6) is 1.82. The Morgan fingerprint density at radius 2 is 2.14 bits per heavy atom. The first kappa shape index (κ1) is 18.6. The van der Waals surface area contributed by atoms with Crippen molar-refractivity contribution in [3.8, 4) is 0 Å². The number of nitrogens with zero attached hydrogens (tertiary/aromatic N) is 3. The van der Waals surface area contributed by atoms with Crippen LogP contribution in [0.15, 0.2) is 28.5 Å². The molecule has 2 aliphatic carbocycles. The molecule has 5 aliphatic rings. The van der Waals surface area contributed by atoms with Crippen molar-refractivity contribution >= 4 is 5.84 Å². The molecule has 0 aromatic rings. The van der Waals surface area contributed by atoms with Crippen LogP contribution < -0.4 is 10.7 Å². The molecule has 154 valence electrons. The Morgan fingerprint density at radius 3 is 2.71 bits per heavy atom. The summed E-state index contributed by atoms with van der Waals surface area (Å²) in [6.07, 6.45) is 11.8. The molecule has 4 unspecified atom stereocenters. The minimum absolute atomic E-state index is 0.0390. The second-order valence-electron chi connectivity index (χ2n) is 9.60. The highest BCUT2D eigenvalue weighted by atomic mass is 16.5. The minimum atomic E-state index is -0.258. The number of aliphatic imine (C=N–C) groups is 1. The molecule has 3 fully saturated rings. The van der Waals surface area contributed by atoms with E-state index in [4.69, 9.17) is 9.73 Å². The van der Waals surface area contributed by atoms with Crippen LogP contribution in [0.1, 0.15) is 59.3 Å². The molecule has 3 heterocycles. The highest BCUT2D eigenvalue weighted by Crippen LogP contribution is 2.46. The van der Waals surface area contributed by atoms with E-state index in [-0.39, 0.29) is 11.8 Å². The summed E-state index contributed by atoms with van der Waals surface area (Å²) < 4.78 is 6.16. The third kappa shape index (κ3) is 2.84. The van der Waals surface area contributed by atoms with Crippen molar-refractivity contribution in [1.29, 1.82) is 0 Å². The summed E-state index contributed by atoms with van der Waals surface area (Å²) >= 11 is 0. The Kier molecular flexibility index (Phi) is 4.38. The van der Waals surface area contributed by atoms with E-state index >= 15 is 0 Å². The topological polar surface area (TPSA) is 52.1 Å². The first-order chi connectivity index (χ1) is 13.5. The molecule has 6 heteroatoms. The lowest BCUT2D eigenvalue weighted by Crippen LogP contribution is -2.70. The number of ether oxygens (including phenoxy) is 1. The Bertz CT molecular complexity index is 735. The van der Waals surface area contributed by atoms with Crippen LogP contribution in [0.2, 0.25) is 0 Å². The van der Waals surface area contributed by atoms with Gasteiger partial charge < -0.3 is 15.0 Å². The van der Waals surface area contributed by atoms with Gasteiger partial charge in [-0.25, -0.2) is 10.4 Å². The predicted octanol–water partition coefficient (Wildman–Crippen LogP) is 2.75. The zero-order chi connectivity index (χ0) is 19.5. The number of nitrogens with one attached hydrogen (secondary N) is 2. The van der Waals surface area contributed by atoms with E-state index < -0.39 is 0 Å². The molecule has 0 spiro atoms. The van der Waals surface area contributed by atoms with Gasteiger partial charge in [0.05, 0.1) is 5.70 Å². The molecule has 0 aromatic heterocycles. The molecule has 4 atom stereocenters. The number of hydrogen-bond acceptors (Lipinski definition) is 6. The number of allylic oxidation sites excluding steroid dienone is 1. The Balaban J connectivity index is 1.35. The van der Waals surface area contributed by atoms with Crippen LogP contribution in [0, 0.1) is 5.92 Å². The SMILES string of the molecule is CCC1(NC2CCC2(OC)C2N=C3C(C)=CC(N4CCC(C)C4)=CN3N2)CC1. The van der Waals surface area contributed by atoms with Crippen molar-refractivity contribution in [1.82, 2.24) is 20.7 Å². The zero-order valence-electron chi connectivity index (χ0n) is 17.8. The van der Waals surface area contributed by atoms with Crippen LogP contribution in [0.3, 0.4) is 0 Å². The van der Waals surface area contributed by atoms with E-state index in [0.717, 1.165) is 31.3 Å². The lowest BCUT2D eigenvalue weighted by Gasteiger charge is -2.52. The first-order valence-electron chi connectivity index (χ1n) is 11.1. The quantitative estimate of drug-likeness (QED) is 0.736. The molecule has 0 radical (unpaired) electrons. The summed E-state index contributed by atoms with van der Waals surface area (Å²) in [5, 5.41) is 6.07. The lowest BCUT2D eigenvalue weighted by molar-refractivity contribution is -0.130. The van der Waals surface area contributed by atoms with Crippen molar-refractivity contribution in [3.05, 3.63) is 23.5 Å². The van der Waals surface area contributed by atoms with Gasteiger partial charge in [-0.05, 0) is 63.0 Å². The van der Waals surface area contributed by atoms with Gasteiger partial charge >= 0.3 is 0 Å². The summed E-state index contributed by atoms with van der Waals surface area (Å²) in [5.41, 5.74) is 6.28. The molecule has 0 bridgehead atoms. The molecule has 6 nitrogen and oxygen atoms in total. The summed E-state index contributed by atoms with van der Waals surface area (Å²) in [7, 11) is 1.86. The molecule has 0 aromatic carbocycles. The van der Waals surface area contributed by atoms with Crippen LogP contribution in [0.5, 0.6) is 0 Å². The second kappa shape index (κ2) is 6.57. The van der Waals surface area contributed by atoms with E-state index in [2.05, 4.69) is 53.7 Å². The summed E-state index contributed by atoms with van der Waals surface area (Å²) in [6, 6.07) is 0.371. The van der Waals surface area contributed by atoms with Gasteiger partial charge in [0.15, 0.2) is 0 Å². The number of hydrazine groups is 1. The maximum Gasteiger partial charge on any atom is 0.149 e. The van der Waals surface area contributed by atoms with Gasteiger partial charge in [-0.15, -0.1) is 0 Å². The average molecular weight is 386 g/mol. The molecule has 0 amide bonds. The highest BCUT2D eigenvalue weighted by Gasteiger charge is 2.58. The van der Waals surface area contributed by atoms with Crippen LogP contribution >= 0.6 is 0 Å². The van der Waals surface area contributed by atoms with Gasteiger partial charge in [0.2, 0.25) is 0 Å². The standard InChI is InChI=1S/C22H35N5O/c1-5-21(9-10-21)24-18-6-8-22(18,28-4)20-23-19-16(3)12-17(14-27(19)25-20)26-11-7-15(2)13-26/h12,14-15,18,20,24-25H,5-11,13H2,1-4H3. The summed E-state index contributed by atoms with van der Waals surface area (Å²) in [6.45, 7) is 9.10. The third-order valence-electron chi connectivity index (χ3n) is 7.78. The van der Waals surface area contributed by atoms with E-state index in [1.54, 1.807) is 0 Å². The molecule has 2 N–H and O–H groups in total. The monoisotopic (exact) mass is 385 g/mol. The largest absolute Gasteiger partial charge is 0.373 e.